The molecule has 17 heavy (non-hydrogen) atoms. The molecule has 6 heteroatoms. The molecule has 0 aliphatic carbocycles. The molecular formula is C11H15Cl3N2O. The number of pyridine rings is 1. The molecule has 0 unspecified atom stereocenters. The maximum atomic E-state index is 10.1. The summed E-state index contributed by atoms with van der Waals surface area (Å²) in [6.45, 7) is 4.22. The Morgan fingerprint density at radius 2 is 1.82 bits per heavy atom. The van der Waals surface area contributed by atoms with Crippen molar-refractivity contribution in [1.29, 1.82) is 0 Å². The lowest BCUT2D eigenvalue weighted by atomic mass is 9.98. The monoisotopic (exact) mass is 296 g/mol. The molecule has 0 saturated heterocycles. The van der Waals surface area contributed by atoms with Crippen molar-refractivity contribution in [2.75, 3.05) is 11.9 Å². The van der Waals surface area contributed by atoms with Crippen LogP contribution in [0.4, 0.5) is 5.82 Å². The summed E-state index contributed by atoms with van der Waals surface area (Å²) in [4.78, 5) is 4.02. The Morgan fingerprint density at radius 3 is 2.35 bits per heavy atom. The summed E-state index contributed by atoms with van der Waals surface area (Å²) in [5, 5.41) is 14.0. The van der Waals surface area contributed by atoms with Crippen LogP contribution in [-0.4, -0.2) is 22.2 Å². The Labute approximate surface area is 116 Å². The molecule has 1 aromatic heterocycles. The highest BCUT2D eigenvalue weighted by molar-refractivity contribution is 6.42. The van der Waals surface area contributed by atoms with Gasteiger partial charge in [-0.15, -0.1) is 0 Å². The van der Waals surface area contributed by atoms with Crippen LogP contribution < -0.4 is 5.32 Å². The smallest absolute Gasteiger partial charge is 0.150 e. The van der Waals surface area contributed by atoms with Crippen LogP contribution in [0.5, 0.6) is 0 Å². The zero-order valence-electron chi connectivity index (χ0n) is 9.73. The topological polar surface area (TPSA) is 45.1 Å². The first kappa shape index (κ1) is 14.8. The fourth-order valence-electron chi connectivity index (χ4n) is 1.32. The minimum absolute atomic E-state index is 0.190. The maximum Gasteiger partial charge on any atom is 0.150 e. The molecule has 0 aliphatic heterocycles. The van der Waals surface area contributed by atoms with Crippen LogP contribution in [0.15, 0.2) is 6.07 Å². The first-order valence-corrected chi connectivity index (χ1v) is 6.53. The van der Waals surface area contributed by atoms with Gasteiger partial charge in [0.2, 0.25) is 0 Å². The van der Waals surface area contributed by atoms with E-state index in [2.05, 4.69) is 10.3 Å². The third-order valence-corrected chi connectivity index (χ3v) is 3.75. The van der Waals surface area contributed by atoms with Crippen LogP contribution in [0.25, 0.3) is 0 Å². The standard InChI is InChI=1S/C11H15Cl3N2O/c1-3-11(17,4-2)6-15-10-8(13)5-7(12)9(14)16-10/h5,17H,3-4,6H2,1-2H3,(H,15,16). The van der Waals surface area contributed by atoms with Gasteiger partial charge in [-0.3, -0.25) is 0 Å². The predicted octanol–water partition coefficient (Wildman–Crippen LogP) is 4.00. The minimum atomic E-state index is -0.767. The van der Waals surface area contributed by atoms with Crippen molar-refractivity contribution in [3.05, 3.63) is 21.3 Å². The van der Waals surface area contributed by atoms with Crippen LogP contribution in [-0.2, 0) is 0 Å². The quantitative estimate of drug-likeness (QED) is 0.807. The van der Waals surface area contributed by atoms with Crippen LogP contribution in [0.2, 0.25) is 15.2 Å². The summed E-state index contributed by atoms with van der Waals surface area (Å²) in [7, 11) is 0. The lowest BCUT2D eigenvalue weighted by Gasteiger charge is -2.25. The molecular weight excluding hydrogens is 282 g/mol. The molecule has 0 atom stereocenters. The molecule has 1 rings (SSSR count). The highest BCUT2D eigenvalue weighted by atomic mass is 35.5. The summed E-state index contributed by atoms with van der Waals surface area (Å²) < 4.78 is 0. The van der Waals surface area contributed by atoms with Crippen molar-refractivity contribution in [3.8, 4) is 0 Å². The lowest BCUT2D eigenvalue weighted by Crippen LogP contribution is -2.35. The minimum Gasteiger partial charge on any atom is -0.388 e. The Hall–Kier alpha value is -0.220. The molecule has 0 saturated carbocycles. The number of aromatic nitrogens is 1. The van der Waals surface area contributed by atoms with Crippen molar-refractivity contribution < 1.29 is 5.11 Å². The van der Waals surface area contributed by atoms with Gasteiger partial charge in [-0.1, -0.05) is 48.7 Å². The Morgan fingerprint density at radius 1 is 1.24 bits per heavy atom. The SMILES string of the molecule is CCC(O)(CC)CNc1nc(Cl)c(Cl)cc1Cl. The van der Waals surface area contributed by atoms with Crippen LogP contribution in [0, 0.1) is 0 Å². The number of hydrogen-bond acceptors (Lipinski definition) is 3. The van der Waals surface area contributed by atoms with Gasteiger partial charge >= 0.3 is 0 Å². The van der Waals surface area contributed by atoms with Gasteiger partial charge in [0.15, 0.2) is 0 Å². The molecule has 0 fully saturated rings. The predicted molar refractivity (Wildman–Crippen MR) is 73.3 cm³/mol. The third kappa shape index (κ3) is 3.88. The molecule has 2 N–H and O–H groups in total. The number of aliphatic hydroxyl groups is 1. The van der Waals surface area contributed by atoms with E-state index in [0.29, 0.717) is 35.2 Å². The van der Waals surface area contributed by atoms with Gasteiger partial charge in [0.25, 0.3) is 0 Å². The maximum absolute atomic E-state index is 10.1. The first-order chi connectivity index (χ1) is 7.91. The summed E-state index contributed by atoms with van der Waals surface area (Å²) in [6.07, 6.45) is 1.30. The molecule has 0 aliphatic rings. The molecule has 0 radical (unpaired) electrons. The second kappa shape index (κ2) is 6.10. The number of anilines is 1. The van der Waals surface area contributed by atoms with Gasteiger partial charge < -0.3 is 10.4 Å². The van der Waals surface area contributed by atoms with Gasteiger partial charge in [0.1, 0.15) is 11.0 Å². The van der Waals surface area contributed by atoms with Crippen molar-refractivity contribution in [1.82, 2.24) is 4.98 Å². The van der Waals surface area contributed by atoms with E-state index in [1.165, 1.54) is 6.07 Å². The molecule has 0 spiro atoms. The highest BCUT2D eigenvalue weighted by Crippen LogP contribution is 2.29. The summed E-state index contributed by atoms with van der Waals surface area (Å²) in [6, 6.07) is 1.53. The van der Waals surface area contributed by atoms with E-state index in [9.17, 15) is 5.11 Å². The zero-order chi connectivity index (χ0) is 13.1. The number of nitrogens with one attached hydrogen (secondary N) is 1. The second-order valence-electron chi connectivity index (χ2n) is 3.88. The number of hydrogen-bond donors (Lipinski definition) is 2. The fraction of sp³-hybridized carbons (Fsp3) is 0.545. The number of halogens is 3. The summed E-state index contributed by atoms with van der Waals surface area (Å²) >= 11 is 17.5. The van der Waals surface area contributed by atoms with E-state index in [-0.39, 0.29) is 5.15 Å². The molecule has 1 heterocycles. The average Bonchev–Trinajstić information content (AvgIpc) is 2.32. The normalized spacial score (nSPS) is 11.6. The average molecular weight is 298 g/mol. The van der Waals surface area contributed by atoms with Crippen LogP contribution in [0.1, 0.15) is 26.7 Å². The zero-order valence-corrected chi connectivity index (χ0v) is 12.0. The second-order valence-corrected chi connectivity index (χ2v) is 5.05. The number of nitrogens with zero attached hydrogens (tertiary/aromatic N) is 1. The molecule has 0 bridgehead atoms. The highest BCUT2D eigenvalue weighted by Gasteiger charge is 2.22. The van der Waals surface area contributed by atoms with Gasteiger partial charge in [-0.25, -0.2) is 4.98 Å². The molecule has 0 amide bonds. The van der Waals surface area contributed by atoms with E-state index in [1.54, 1.807) is 0 Å². The van der Waals surface area contributed by atoms with E-state index < -0.39 is 5.60 Å². The molecule has 1 aromatic rings. The Bertz CT molecular complexity index is 395. The van der Waals surface area contributed by atoms with Gasteiger partial charge in [0, 0.05) is 6.54 Å². The molecule has 96 valence electrons. The van der Waals surface area contributed by atoms with Crippen molar-refractivity contribution in [3.63, 3.8) is 0 Å². The van der Waals surface area contributed by atoms with Crippen molar-refractivity contribution in [2.45, 2.75) is 32.3 Å². The van der Waals surface area contributed by atoms with Crippen LogP contribution >= 0.6 is 34.8 Å². The Kier molecular flexibility index (Phi) is 5.32. The molecule has 3 nitrogen and oxygen atoms in total. The first-order valence-electron chi connectivity index (χ1n) is 5.39. The van der Waals surface area contributed by atoms with Crippen LogP contribution in [0.3, 0.4) is 0 Å². The largest absolute Gasteiger partial charge is 0.388 e. The van der Waals surface area contributed by atoms with E-state index >= 15 is 0 Å². The number of rotatable bonds is 5. The summed E-state index contributed by atoms with van der Waals surface area (Å²) in [5.41, 5.74) is -0.767. The van der Waals surface area contributed by atoms with Gasteiger partial charge in [-0.05, 0) is 18.9 Å². The fourth-order valence-corrected chi connectivity index (χ4v) is 1.88. The molecule has 0 aromatic carbocycles. The van der Waals surface area contributed by atoms with E-state index in [0.717, 1.165) is 0 Å². The lowest BCUT2D eigenvalue weighted by molar-refractivity contribution is 0.0456. The van der Waals surface area contributed by atoms with Gasteiger partial charge in [0.05, 0.1) is 15.6 Å². The van der Waals surface area contributed by atoms with Crippen molar-refractivity contribution in [2.24, 2.45) is 0 Å². The van der Waals surface area contributed by atoms with E-state index in [4.69, 9.17) is 34.8 Å². The Balaban J connectivity index is 2.79. The van der Waals surface area contributed by atoms with Gasteiger partial charge in [-0.2, -0.15) is 0 Å². The summed E-state index contributed by atoms with van der Waals surface area (Å²) in [5.74, 6) is 0.432. The third-order valence-electron chi connectivity index (χ3n) is 2.79. The van der Waals surface area contributed by atoms with E-state index in [1.807, 2.05) is 13.8 Å². The van der Waals surface area contributed by atoms with Crippen molar-refractivity contribution >= 4 is 40.6 Å².